The highest BCUT2D eigenvalue weighted by molar-refractivity contribution is 14.1. The van der Waals surface area contributed by atoms with Gasteiger partial charge in [0, 0.05) is 22.2 Å². The topological polar surface area (TPSA) is 58.6 Å². The van der Waals surface area contributed by atoms with E-state index in [0.29, 0.717) is 25.3 Å². The molecule has 1 aliphatic rings. The van der Waals surface area contributed by atoms with Gasteiger partial charge in [0.15, 0.2) is 0 Å². The number of halogens is 1. The zero-order valence-electron chi connectivity index (χ0n) is 11.3. The van der Waals surface area contributed by atoms with Crippen molar-refractivity contribution in [3.63, 3.8) is 0 Å². The Morgan fingerprint density at radius 3 is 3.00 bits per heavy atom. The van der Waals surface area contributed by atoms with Gasteiger partial charge in [-0.15, -0.1) is 0 Å². The number of morpholine rings is 1. The predicted molar refractivity (Wildman–Crippen MR) is 83.5 cm³/mol. The van der Waals surface area contributed by atoms with E-state index in [0.717, 1.165) is 3.57 Å². The fourth-order valence-electron chi connectivity index (χ4n) is 2.14. The van der Waals surface area contributed by atoms with Gasteiger partial charge in [0.05, 0.1) is 13.2 Å². The Kier molecular flexibility index (Phi) is 5.36. The lowest BCUT2D eigenvalue weighted by molar-refractivity contribution is -0.130. The average molecular weight is 388 g/mol. The van der Waals surface area contributed by atoms with Crippen molar-refractivity contribution in [1.29, 1.82) is 0 Å². The van der Waals surface area contributed by atoms with Gasteiger partial charge in [0.2, 0.25) is 5.91 Å². The van der Waals surface area contributed by atoms with Crippen LogP contribution in [0.2, 0.25) is 0 Å². The van der Waals surface area contributed by atoms with Gasteiger partial charge in [0.1, 0.15) is 6.04 Å². The van der Waals surface area contributed by atoms with Crippen LogP contribution < -0.4 is 5.32 Å². The summed E-state index contributed by atoms with van der Waals surface area (Å²) >= 11 is 2.17. The molecule has 1 aromatic rings. The molecule has 20 heavy (non-hydrogen) atoms. The number of hydrogen-bond acceptors (Lipinski definition) is 3. The van der Waals surface area contributed by atoms with Gasteiger partial charge in [-0.25, -0.2) is 0 Å². The highest BCUT2D eigenvalue weighted by Gasteiger charge is 2.33. The summed E-state index contributed by atoms with van der Waals surface area (Å²) in [5.74, 6) is -0.283. The normalized spacial score (nSPS) is 18.7. The molecule has 1 aromatic carbocycles. The Morgan fingerprint density at radius 2 is 2.30 bits per heavy atom. The molecule has 1 atom stereocenters. The number of hydrogen-bond donors (Lipinski definition) is 1. The van der Waals surface area contributed by atoms with Crippen LogP contribution >= 0.6 is 22.6 Å². The van der Waals surface area contributed by atoms with Crippen LogP contribution in [-0.2, 0) is 9.53 Å². The lowest BCUT2D eigenvalue weighted by atomic mass is 10.1. The van der Waals surface area contributed by atoms with E-state index in [4.69, 9.17) is 4.74 Å². The number of amides is 2. The van der Waals surface area contributed by atoms with Crippen molar-refractivity contribution < 1.29 is 14.3 Å². The Bertz CT molecular complexity index is 507. The lowest BCUT2D eigenvalue weighted by Crippen LogP contribution is -2.55. The second kappa shape index (κ2) is 7.03. The van der Waals surface area contributed by atoms with Crippen LogP contribution in [0.5, 0.6) is 0 Å². The molecular formula is C14H17IN2O3. The van der Waals surface area contributed by atoms with E-state index >= 15 is 0 Å². The molecule has 2 amide bonds. The van der Waals surface area contributed by atoms with E-state index in [1.54, 1.807) is 11.0 Å². The van der Waals surface area contributed by atoms with Crippen molar-refractivity contribution in [2.24, 2.45) is 0 Å². The zero-order chi connectivity index (χ0) is 14.5. The number of benzene rings is 1. The molecule has 0 bridgehead atoms. The third kappa shape index (κ3) is 3.49. The van der Waals surface area contributed by atoms with Crippen molar-refractivity contribution >= 4 is 34.4 Å². The highest BCUT2D eigenvalue weighted by atomic mass is 127. The number of rotatable bonds is 3. The van der Waals surface area contributed by atoms with Crippen LogP contribution in [0.25, 0.3) is 0 Å². The SMILES string of the molecule is CCNC(=O)C1COCCN1C(=O)c1cccc(I)c1. The van der Waals surface area contributed by atoms with Gasteiger partial charge in [-0.3, -0.25) is 9.59 Å². The van der Waals surface area contributed by atoms with Gasteiger partial charge in [-0.1, -0.05) is 6.07 Å². The lowest BCUT2D eigenvalue weighted by Gasteiger charge is -2.34. The Morgan fingerprint density at radius 1 is 1.50 bits per heavy atom. The quantitative estimate of drug-likeness (QED) is 0.794. The van der Waals surface area contributed by atoms with E-state index in [1.807, 2.05) is 25.1 Å². The van der Waals surface area contributed by atoms with E-state index in [1.165, 1.54) is 0 Å². The van der Waals surface area contributed by atoms with Crippen LogP contribution in [0.1, 0.15) is 17.3 Å². The number of nitrogens with zero attached hydrogens (tertiary/aromatic N) is 1. The summed E-state index contributed by atoms with van der Waals surface area (Å²) in [6, 6.07) is 6.82. The number of likely N-dealkylation sites (N-methyl/N-ethyl adjacent to an activating group) is 1. The molecule has 0 saturated carbocycles. The Balaban J connectivity index is 2.19. The van der Waals surface area contributed by atoms with Crippen molar-refractivity contribution in [3.8, 4) is 0 Å². The molecule has 108 valence electrons. The fraction of sp³-hybridized carbons (Fsp3) is 0.429. The van der Waals surface area contributed by atoms with Gasteiger partial charge >= 0.3 is 0 Å². The molecule has 0 radical (unpaired) electrons. The summed E-state index contributed by atoms with van der Waals surface area (Å²) < 4.78 is 6.33. The minimum Gasteiger partial charge on any atom is -0.377 e. The minimum absolute atomic E-state index is 0.122. The number of carbonyl (C=O) groups excluding carboxylic acids is 2. The highest BCUT2D eigenvalue weighted by Crippen LogP contribution is 2.15. The maximum Gasteiger partial charge on any atom is 0.254 e. The van der Waals surface area contributed by atoms with E-state index in [9.17, 15) is 9.59 Å². The molecule has 1 unspecified atom stereocenters. The van der Waals surface area contributed by atoms with Crippen LogP contribution in [0.4, 0.5) is 0 Å². The summed E-state index contributed by atoms with van der Waals surface area (Å²) in [6.07, 6.45) is 0. The van der Waals surface area contributed by atoms with Crippen molar-refractivity contribution in [2.45, 2.75) is 13.0 Å². The summed E-state index contributed by atoms with van der Waals surface area (Å²) in [5, 5.41) is 2.75. The molecule has 0 spiro atoms. The second-order valence-electron chi connectivity index (χ2n) is 4.49. The third-order valence-electron chi connectivity index (χ3n) is 3.11. The van der Waals surface area contributed by atoms with Gasteiger partial charge < -0.3 is 15.0 Å². The summed E-state index contributed by atoms with van der Waals surface area (Å²) in [7, 11) is 0. The first kappa shape index (κ1) is 15.2. The number of ether oxygens (including phenoxy) is 1. The largest absolute Gasteiger partial charge is 0.377 e. The zero-order valence-corrected chi connectivity index (χ0v) is 13.4. The predicted octanol–water partition coefficient (Wildman–Crippen LogP) is 1.27. The number of carbonyl (C=O) groups is 2. The molecule has 1 saturated heterocycles. The first-order valence-electron chi connectivity index (χ1n) is 6.55. The summed E-state index contributed by atoms with van der Waals surface area (Å²) in [5.41, 5.74) is 0.605. The molecule has 0 aliphatic carbocycles. The van der Waals surface area contributed by atoms with Gasteiger partial charge in [-0.05, 0) is 47.7 Å². The van der Waals surface area contributed by atoms with E-state index < -0.39 is 6.04 Å². The molecule has 1 heterocycles. The smallest absolute Gasteiger partial charge is 0.254 e. The van der Waals surface area contributed by atoms with Gasteiger partial charge in [-0.2, -0.15) is 0 Å². The first-order valence-corrected chi connectivity index (χ1v) is 7.63. The molecule has 5 nitrogen and oxygen atoms in total. The van der Waals surface area contributed by atoms with Crippen LogP contribution in [0.15, 0.2) is 24.3 Å². The van der Waals surface area contributed by atoms with E-state index in [2.05, 4.69) is 27.9 Å². The maximum absolute atomic E-state index is 12.6. The van der Waals surface area contributed by atoms with Crippen LogP contribution in [-0.4, -0.2) is 49.1 Å². The fourth-order valence-corrected chi connectivity index (χ4v) is 2.69. The molecular weight excluding hydrogens is 371 g/mol. The molecule has 1 aliphatic heterocycles. The molecule has 1 N–H and O–H groups in total. The molecule has 1 fully saturated rings. The Hall–Kier alpha value is -1.15. The second-order valence-corrected chi connectivity index (χ2v) is 5.74. The third-order valence-corrected chi connectivity index (χ3v) is 3.79. The van der Waals surface area contributed by atoms with E-state index in [-0.39, 0.29) is 18.4 Å². The summed E-state index contributed by atoms with van der Waals surface area (Å²) in [4.78, 5) is 26.2. The monoisotopic (exact) mass is 388 g/mol. The molecule has 0 aromatic heterocycles. The number of nitrogens with one attached hydrogen (secondary N) is 1. The Labute approximate surface area is 131 Å². The van der Waals surface area contributed by atoms with Crippen molar-refractivity contribution in [2.75, 3.05) is 26.3 Å². The van der Waals surface area contributed by atoms with Crippen LogP contribution in [0, 0.1) is 3.57 Å². The van der Waals surface area contributed by atoms with Crippen molar-refractivity contribution in [1.82, 2.24) is 10.2 Å². The van der Waals surface area contributed by atoms with Crippen molar-refractivity contribution in [3.05, 3.63) is 33.4 Å². The van der Waals surface area contributed by atoms with Gasteiger partial charge in [0.25, 0.3) is 5.91 Å². The summed E-state index contributed by atoms with van der Waals surface area (Å²) in [6.45, 7) is 3.55. The molecule has 2 rings (SSSR count). The average Bonchev–Trinajstić information content (AvgIpc) is 2.47. The first-order chi connectivity index (χ1) is 9.63. The maximum atomic E-state index is 12.6. The van der Waals surface area contributed by atoms with Crippen LogP contribution in [0.3, 0.4) is 0 Å². The molecule has 6 heteroatoms. The standard InChI is InChI=1S/C14H17IN2O3/c1-2-16-13(18)12-9-20-7-6-17(12)14(19)10-4-3-5-11(15)8-10/h3-5,8,12H,2,6-7,9H2,1H3,(H,16,18). The minimum atomic E-state index is -0.547.